The summed E-state index contributed by atoms with van der Waals surface area (Å²) in [6.07, 6.45) is 6.61. The van der Waals surface area contributed by atoms with Crippen molar-refractivity contribution in [3.63, 3.8) is 0 Å². The van der Waals surface area contributed by atoms with Gasteiger partial charge in [-0.3, -0.25) is 24.0 Å². The van der Waals surface area contributed by atoms with Crippen LogP contribution in [0.2, 0.25) is 0 Å². The molecule has 28 heavy (non-hydrogen) atoms. The Morgan fingerprint density at radius 2 is 2.00 bits per heavy atom. The highest BCUT2D eigenvalue weighted by Crippen LogP contribution is 2.31. The van der Waals surface area contributed by atoms with E-state index in [0.29, 0.717) is 24.4 Å². The molecule has 0 spiro atoms. The van der Waals surface area contributed by atoms with Crippen molar-refractivity contribution >= 4 is 28.7 Å². The number of hydrogen-bond acceptors (Lipinski definition) is 5. The van der Waals surface area contributed by atoms with Gasteiger partial charge in [-0.05, 0) is 50.2 Å². The van der Waals surface area contributed by atoms with Crippen molar-refractivity contribution in [3.8, 4) is 0 Å². The Hall–Kier alpha value is -2.35. The molecule has 0 bridgehead atoms. The molecule has 3 rings (SSSR count). The van der Waals surface area contributed by atoms with Crippen molar-refractivity contribution in [1.29, 1.82) is 0 Å². The third-order valence-electron chi connectivity index (χ3n) is 5.12. The van der Waals surface area contributed by atoms with Gasteiger partial charge in [-0.2, -0.15) is 0 Å². The van der Waals surface area contributed by atoms with Gasteiger partial charge in [0.2, 0.25) is 0 Å². The number of amides is 1. The van der Waals surface area contributed by atoms with Gasteiger partial charge < -0.3 is 5.73 Å². The number of unbranched alkanes of at least 4 members (excludes halogenated alkanes) is 1. The number of anilines is 2. The van der Waals surface area contributed by atoms with Gasteiger partial charge in [0, 0.05) is 18.0 Å². The molecular weight excluding hydrogens is 376 g/mol. The van der Waals surface area contributed by atoms with E-state index in [2.05, 4.69) is 4.98 Å². The van der Waals surface area contributed by atoms with Crippen LogP contribution in [0.4, 0.5) is 11.5 Å². The molecule has 0 aliphatic heterocycles. The predicted octanol–water partition coefficient (Wildman–Crippen LogP) is 2.92. The van der Waals surface area contributed by atoms with Gasteiger partial charge in [-0.15, -0.1) is 11.3 Å². The van der Waals surface area contributed by atoms with Crippen LogP contribution in [0.5, 0.6) is 0 Å². The molecular formula is C20H28N4O3S. The smallest absolute Gasteiger partial charge is 0.330 e. The van der Waals surface area contributed by atoms with Gasteiger partial charge in [0.15, 0.2) is 5.69 Å². The van der Waals surface area contributed by atoms with Gasteiger partial charge in [-0.1, -0.05) is 20.3 Å². The van der Waals surface area contributed by atoms with Crippen LogP contribution in [-0.2, 0) is 19.4 Å². The minimum Gasteiger partial charge on any atom is -0.383 e. The number of nitrogen functional groups attached to an aromatic ring is 1. The average Bonchev–Trinajstić information content (AvgIpc) is 3.10. The summed E-state index contributed by atoms with van der Waals surface area (Å²) in [6.45, 7) is 4.73. The monoisotopic (exact) mass is 404 g/mol. The summed E-state index contributed by atoms with van der Waals surface area (Å²) in [6, 6.07) is 1.96. The van der Waals surface area contributed by atoms with E-state index >= 15 is 0 Å². The lowest BCUT2D eigenvalue weighted by Crippen LogP contribution is -2.41. The third kappa shape index (κ3) is 3.92. The second-order valence-electron chi connectivity index (χ2n) is 7.22. The van der Waals surface area contributed by atoms with E-state index in [1.165, 1.54) is 31.2 Å². The Morgan fingerprint density at radius 3 is 2.68 bits per heavy atom. The summed E-state index contributed by atoms with van der Waals surface area (Å²) in [5.41, 5.74) is 6.40. The van der Waals surface area contributed by atoms with E-state index in [9.17, 15) is 14.4 Å². The van der Waals surface area contributed by atoms with Crippen LogP contribution >= 0.6 is 11.3 Å². The van der Waals surface area contributed by atoms with Crippen molar-refractivity contribution < 1.29 is 4.79 Å². The number of nitrogens with zero attached hydrogens (tertiary/aromatic N) is 2. The number of aromatic amines is 1. The number of rotatable bonds is 7. The number of carbonyl (C=O) groups excluding carboxylic acids is 1. The number of aromatic nitrogens is 2. The molecule has 0 fully saturated rings. The summed E-state index contributed by atoms with van der Waals surface area (Å²) in [4.78, 5) is 43.8. The summed E-state index contributed by atoms with van der Waals surface area (Å²) in [5, 5.41) is 0. The van der Waals surface area contributed by atoms with Gasteiger partial charge in [-0.25, -0.2) is 4.79 Å². The van der Waals surface area contributed by atoms with Crippen LogP contribution in [0, 0.1) is 0 Å². The molecule has 0 radical (unpaired) electrons. The molecule has 1 aliphatic carbocycles. The van der Waals surface area contributed by atoms with Crippen LogP contribution in [0.1, 0.15) is 66.1 Å². The van der Waals surface area contributed by atoms with E-state index in [1.807, 2.05) is 19.9 Å². The molecule has 1 amide bonds. The molecule has 0 saturated carbocycles. The third-order valence-corrected chi connectivity index (χ3v) is 6.34. The van der Waals surface area contributed by atoms with Gasteiger partial charge >= 0.3 is 5.69 Å². The van der Waals surface area contributed by atoms with Gasteiger partial charge in [0.25, 0.3) is 11.5 Å². The first-order valence-electron chi connectivity index (χ1n) is 10.0. The Kier molecular flexibility index (Phi) is 6.39. The molecule has 3 N–H and O–H groups in total. The van der Waals surface area contributed by atoms with Crippen LogP contribution in [-0.4, -0.2) is 22.0 Å². The van der Waals surface area contributed by atoms with Crippen LogP contribution in [0.25, 0.3) is 0 Å². The van der Waals surface area contributed by atoms with E-state index in [0.717, 1.165) is 38.5 Å². The van der Waals surface area contributed by atoms with Crippen LogP contribution in [0.15, 0.2) is 15.7 Å². The maximum absolute atomic E-state index is 13.3. The topological polar surface area (TPSA) is 101 Å². The van der Waals surface area contributed by atoms with Crippen molar-refractivity contribution in [2.45, 2.75) is 65.3 Å². The number of nitrogens with one attached hydrogen (secondary N) is 1. The maximum atomic E-state index is 13.3. The fourth-order valence-electron chi connectivity index (χ4n) is 3.64. The zero-order chi connectivity index (χ0) is 20.3. The first-order valence-corrected chi connectivity index (χ1v) is 10.9. The molecule has 0 atom stereocenters. The minimum absolute atomic E-state index is 0.0605. The highest BCUT2D eigenvalue weighted by Gasteiger charge is 2.27. The van der Waals surface area contributed by atoms with E-state index in [-0.39, 0.29) is 17.4 Å². The zero-order valence-corrected chi connectivity index (χ0v) is 17.4. The number of fused-ring (bicyclic) bond motifs is 1. The predicted molar refractivity (Wildman–Crippen MR) is 114 cm³/mol. The Morgan fingerprint density at radius 1 is 1.25 bits per heavy atom. The molecule has 152 valence electrons. The van der Waals surface area contributed by atoms with Crippen molar-refractivity contribution in [2.24, 2.45) is 0 Å². The lowest BCUT2D eigenvalue weighted by molar-refractivity contribution is 0.0990. The number of carbonyl (C=O) groups is 1. The summed E-state index contributed by atoms with van der Waals surface area (Å²) in [5.74, 6) is -0.163. The fraction of sp³-hybridized carbons (Fsp3) is 0.550. The molecule has 1 aliphatic rings. The normalized spacial score (nSPS) is 13.4. The van der Waals surface area contributed by atoms with Gasteiger partial charge in [0.05, 0.1) is 4.88 Å². The van der Waals surface area contributed by atoms with E-state index < -0.39 is 11.2 Å². The Bertz CT molecular complexity index is 949. The maximum Gasteiger partial charge on any atom is 0.330 e. The molecule has 7 nitrogen and oxygen atoms in total. The van der Waals surface area contributed by atoms with Crippen LogP contribution < -0.4 is 21.9 Å². The summed E-state index contributed by atoms with van der Waals surface area (Å²) in [7, 11) is 0. The first kappa shape index (κ1) is 20.4. The lowest BCUT2D eigenvalue weighted by Gasteiger charge is -2.23. The first-order chi connectivity index (χ1) is 13.5. The number of nitrogens with two attached hydrogens (primary N) is 1. The van der Waals surface area contributed by atoms with Crippen LogP contribution in [0.3, 0.4) is 0 Å². The Labute approximate surface area is 168 Å². The molecule has 0 aromatic carbocycles. The average molecular weight is 405 g/mol. The highest BCUT2D eigenvalue weighted by molar-refractivity contribution is 7.14. The van der Waals surface area contributed by atoms with E-state index in [1.54, 1.807) is 0 Å². The van der Waals surface area contributed by atoms with Gasteiger partial charge in [0.1, 0.15) is 5.82 Å². The molecule has 8 heteroatoms. The number of H-pyrrole nitrogens is 1. The number of thiophene rings is 1. The van der Waals surface area contributed by atoms with Crippen molar-refractivity contribution in [1.82, 2.24) is 9.55 Å². The number of aryl methyl sites for hydroxylation is 2. The Balaban J connectivity index is 2.04. The molecule has 0 unspecified atom stereocenters. The highest BCUT2D eigenvalue weighted by atomic mass is 32.1. The summed E-state index contributed by atoms with van der Waals surface area (Å²) < 4.78 is 1.36. The minimum atomic E-state index is -0.613. The second kappa shape index (κ2) is 8.77. The second-order valence-corrected chi connectivity index (χ2v) is 8.36. The quantitative estimate of drug-likeness (QED) is 0.741. The number of hydrogen-bond donors (Lipinski definition) is 2. The zero-order valence-electron chi connectivity index (χ0n) is 16.5. The summed E-state index contributed by atoms with van der Waals surface area (Å²) >= 11 is 1.51. The van der Waals surface area contributed by atoms with E-state index in [4.69, 9.17) is 5.73 Å². The lowest BCUT2D eigenvalue weighted by atomic mass is 9.99. The molecule has 2 aromatic heterocycles. The fourth-order valence-corrected chi connectivity index (χ4v) is 4.85. The van der Waals surface area contributed by atoms with Crippen molar-refractivity contribution in [2.75, 3.05) is 17.2 Å². The van der Waals surface area contributed by atoms with Crippen molar-refractivity contribution in [3.05, 3.63) is 42.2 Å². The standard InChI is InChI=1S/C20H28N4O3S/c1-3-5-11-24-17(21)16(18(25)22-20(24)27)23(10-4-2)19(26)15-12-13-8-6-7-9-14(13)28-15/h12H,3-11,21H2,1-2H3,(H,22,25,27). The molecule has 2 aromatic rings. The SMILES string of the molecule is CCCCn1c(N)c(N(CCC)C(=O)c2cc3c(s2)CCCC3)c(=O)[nH]c1=O. The molecule has 2 heterocycles. The largest absolute Gasteiger partial charge is 0.383 e. The molecule has 0 saturated heterocycles.